The van der Waals surface area contributed by atoms with E-state index in [1.165, 1.54) is 12.1 Å². The molecule has 2 heterocycles. The van der Waals surface area contributed by atoms with Crippen LogP contribution in [-0.4, -0.2) is 14.8 Å². The first-order valence-corrected chi connectivity index (χ1v) is 7.70. The molecule has 96 valence electrons. The Kier molecular flexibility index (Phi) is 3.50. The molecule has 1 N–H and O–H groups in total. The van der Waals surface area contributed by atoms with E-state index in [1.54, 1.807) is 17.4 Å². The largest absolute Gasteiger partial charge is 0.266 e. The lowest BCUT2D eigenvalue weighted by atomic mass is 10.3. The predicted octanol–water partition coefficient (Wildman–Crippen LogP) is 4.40. The van der Waals surface area contributed by atoms with Gasteiger partial charge in [0.25, 0.3) is 0 Å². The smallest absolute Gasteiger partial charge is 0.200 e. The highest BCUT2D eigenvalue weighted by Crippen LogP contribution is 2.27. The van der Waals surface area contributed by atoms with Crippen molar-refractivity contribution < 1.29 is 4.39 Å². The molecule has 7 heteroatoms. The van der Waals surface area contributed by atoms with Gasteiger partial charge in [-0.05, 0) is 64.5 Å². The highest BCUT2D eigenvalue weighted by atomic mass is 127. The Balaban J connectivity index is 2.26. The summed E-state index contributed by atoms with van der Waals surface area (Å²) in [5.74, 6) is 0.477. The fraction of sp³-hybridized carbons (Fsp3) is 0. The molecule has 0 fully saturated rings. The van der Waals surface area contributed by atoms with Crippen molar-refractivity contribution in [3.8, 4) is 16.4 Å². The van der Waals surface area contributed by atoms with Gasteiger partial charge in [0, 0.05) is 3.57 Å². The molecule has 0 unspecified atom stereocenters. The molecule has 0 atom stereocenters. The minimum absolute atomic E-state index is 0.263. The van der Waals surface area contributed by atoms with Gasteiger partial charge in [0.1, 0.15) is 5.82 Å². The molecule has 1 aromatic carbocycles. The number of aromatic nitrogens is 3. The van der Waals surface area contributed by atoms with Crippen molar-refractivity contribution >= 4 is 46.1 Å². The number of hydrogen-bond acceptors (Lipinski definition) is 3. The molecule has 0 spiro atoms. The Labute approximate surface area is 131 Å². The highest BCUT2D eigenvalue weighted by Gasteiger charge is 2.14. The molecule has 3 aromatic rings. The Hall–Kier alpha value is -1.06. The summed E-state index contributed by atoms with van der Waals surface area (Å²) in [5.41, 5.74) is 0.823. The third-order valence-electron chi connectivity index (χ3n) is 2.56. The van der Waals surface area contributed by atoms with Crippen LogP contribution < -0.4 is 0 Å². The number of rotatable bonds is 2. The molecular weight excluding hydrogens is 396 g/mol. The highest BCUT2D eigenvalue weighted by molar-refractivity contribution is 14.1. The number of nitrogens with zero attached hydrogens (tertiary/aromatic N) is 2. The molecule has 2 aromatic heterocycles. The van der Waals surface area contributed by atoms with Crippen LogP contribution in [0, 0.1) is 14.2 Å². The van der Waals surface area contributed by atoms with Gasteiger partial charge in [0.15, 0.2) is 10.6 Å². The number of benzene rings is 1. The van der Waals surface area contributed by atoms with Crippen LogP contribution >= 0.6 is 46.1 Å². The lowest BCUT2D eigenvalue weighted by Gasteiger charge is -2.08. The molecule has 0 saturated carbocycles. The van der Waals surface area contributed by atoms with E-state index in [9.17, 15) is 4.39 Å². The van der Waals surface area contributed by atoms with Gasteiger partial charge in [-0.2, -0.15) is 5.10 Å². The summed E-state index contributed by atoms with van der Waals surface area (Å²) in [4.78, 5) is 1.01. The van der Waals surface area contributed by atoms with E-state index in [1.807, 2.05) is 22.1 Å². The van der Waals surface area contributed by atoms with Gasteiger partial charge in [-0.3, -0.25) is 9.67 Å². The third-order valence-corrected chi connectivity index (χ3v) is 4.57. The minimum atomic E-state index is -0.263. The van der Waals surface area contributed by atoms with Crippen molar-refractivity contribution in [2.24, 2.45) is 0 Å². The van der Waals surface area contributed by atoms with Crippen molar-refractivity contribution in [1.82, 2.24) is 14.8 Å². The van der Waals surface area contributed by atoms with Gasteiger partial charge in [0.05, 0.1) is 10.6 Å². The number of thiophene rings is 1. The minimum Gasteiger partial charge on any atom is -0.266 e. The lowest BCUT2D eigenvalue weighted by Crippen LogP contribution is -2.00. The van der Waals surface area contributed by atoms with Gasteiger partial charge in [0.2, 0.25) is 0 Å². The zero-order chi connectivity index (χ0) is 13.4. The summed E-state index contributed by atoms with van der Waals surface area (Å²) >= 11 is 8.95. The maximum atomic E-state index is 13.2. The van der Waals surface area contributed by atoms with E-state index in [2.05, 4.69) is 32.8 Å². The normalized spacial score (nSPS) is 10.8. The standard InChI is InChI=1S/C12H7FIN3S2/c13-7-3-4-9(8(14)6-7)17-11(15-16-12(17)18)10-2-1-5-19-10/h1-6H,(H,16,18). The molecule has 3 rings (SSSR count). The first-order chi connectivity index (χ1) is 9.16. The van der Waals surface area contributed by atoms with Crippen molar-refractivity contribution in [3.63, 3.8) is 0 Å². The SMILES string of the molecule is Fc1ccc(-n2c(-c3cccs3)n[nH]c2=S)c(I)c1. The summed E-state index contributed by atoms with van der Waals surface area (Å²) < 4.78 is 16.3. The topological polar surface area (TPSA) is 33.6 Å². The second-order valence-corrected chi connectivity index (χ2v) is 6.26. The Morgan fingerprint density at radius 3 is 2.89 bits per heavy atom. The fourth-order valence-corrected chi connectivity index (χ4v) is 3.41. The molecule has 19 heavy (non-hydrogen) atoms. The van der Waals surface area contributed by atoms with Gasteiger partial charge < -0.3 is 0 Å². The van der Waals surface area contributed by atoms with Crippen LogP contribution in [0.2, 0.25) is 0 Å². The fourth-order valence-electron chi connectivity index (χ4n) is 1.75. The van der Waals surface area contributed by atoms with Gasteiger partial charge in [-0.25, -0.2) is 4.39 Å². The molecule has 0 bridgehead atoms. The number of H-pyrrole nitrogens is 1. The third kappa shape index (κ3) is 2.37. The average Bonchev–Trinajstić information content (AvgIpc) is 2.99. The molecule has 0 amide bonds. The first-order valence-electron chi connectivity index (χ1n) is 5.33. The number of hydrogen-bond donors (Lipinski definition) is 1. The van der Waals surface area contributed by atoms with E-state index in [0.29, 0.717) is 4.77 Å². The number of nitrogens with one attached hydrogen (secondary N) is 1. The molecule has 3 nitrogen and oxygen atoms in total. The maximum absolute atomic E-state index is 13.2. The summed E-state index contributed by atoms with van der Waals surface area (Å²) in [7, 11) is 0. The quantitative estimate of drug-likeness (QED) is 0.508. The van der Waals surface area contributed by atoms with Crippen LogP contribution in [0.25, 0.3) is 16.4 Å². The first kappa shape index (κ1) is 12.9. The van der Waals surface area contributed by atoms with Gasteiger partial charge in [-0.1, -0.05) is 6.07 Å². The monoisotopic (exact) mass is 403 g/mol. The van der Waals surface area contributed by atoms with E-state index in [4.69, 9.17) is 12.2 Å². The van der Waals surface area contributed by atoms with Gasteiger partial charge in [-0.15, -0.1) is 11.3 Å². The summed E-state index contributed by atoms with van der Waals surface area (Å²) in [6.45, 7) is 0. The summed E-state index contributed by atoms with van der Waals surface area (Å²) in [5, 5.41) is 9.03. The zero-order valence-electron chi connectivity index (χ0n) is 9.43. The molecule has 0 radical (unpaired) electrons. The van der Waals surface area contributed by atoms with Crippen LogP contribution in [0.5, 0.6) is 0 Å². The Bertz CT molecular complexity index is 777. The Morgan fingerprint density at radius 1 is 1.37 bits per heavy atom. The zero-order valence-corrected chi connectivity index (χ0v) is 13.2. The van der Waals surface area contributed by atoms with E-state index < -0.39 is 0 Å². The maximum Gasteiger partial charge on any atom is 0.200 e. The van der Waals surface area contributed by atoms with Crippen LogP contribution in [0.4, 0.5) is 4.39 Å². The molecule has 0 aliphatic heterocycles. The molecule has 0 aliphatic carbocycles. The average molecular weight is 403 g/mol. The van der Waals surface area contributed by atoms with Crippen LogP contribution in [0.3, 0.4) is 0 Å². The summed E-state index contributed by atoms with van der Waals surface area (Å²) in [6.07, 6.45) is 0. The van der Waals surface area contributed by atoms with E-state index in [0.717, 1.165) is 20.0 Å². The van der Waals surface area contributed by atoms with Crippen LogP contribution in [-0.2, 0) is 0 Å². The predicted molar refractivity (Wildman–Crippen MR) is 84.7 cm³/mol. The number of halogens is 2. The van der Waals surface area contributed by atoms with Crippen molar-refractivity contribution in [2.45, 2.75) is 0 Å². The van der Waals surface area contributed by atoms with Gasteiger partial charge >= 0.3 is 0 Å². The lowest BCUT2D eigenvalue weighted by molar-refractivity contribution is 0.626. The van der Waals surface area contributed by atoms with Crippen LogP contribution in [0.15, 0.2) is 35.7 Å². The van der Waals surface area contributed by atoms with Crippen molar-refractivity contribution in [1.29, 1.82) is 0 Å². The second kappa shape index (κ2) is 5.14. The van der Waals surface area contributed by atoms with Crippen LogP contribution in [0.1, 0.15) is 0 Å². The molecule has 0 aliphatic rings. The molecular formula is C12H7FIN3S2. The van der Waals surface area contributed by atoms with Crippen molar-refractivity contribution in [3.05, 3.63) is 49.9 Å². The second-order valence-electron chi connectivity index (χ2n) is 3.76. The van der Waals surface area contributed by atoms with Crippen molar-refractivity contribution in [2.75, 3.05) is 0 Å². The summed E-state index contributed by atoms with van der Waals surface area (Å²) in [6, 6.07) is 8.53. The van der Waals surface area contributed by atoms with E-state index >= 15 is 0 Å². The Morgan fingerprint density at radius 2 is 2.21 bits per heavy atom. The molecule has 0 saturated heterocycles. The van der Waals surface area contributed by atoms with E-state index in [-0.39, 0.29) is 5.82 Å². The number of aromatic amines is 1.